The van der Waals surface area contributed by atoms with Crippen molar-refractivity contribution >= 4 is 21.7 Å². The number of aryl methyl sites for hydroxylation is 1. The number of fused-ring (bicyclic) bond motifs is 2. The molecule has 25 heavy (non-hydrogen) atoms. The number of carbonyl (C=O) groups is 1. The molecule has 1 unspecified atom stereocenters. The lowest BCUT2D eigenvalue weighted by atomic mass is 9.96. The largest absolute Gasteiger partial charge is 0.481 e. The predicted octanol–water partition coefficient (Wildman–Crippen LogP) is 2.29. The summed E-state index contributed by atoms with van der Waals surface area (Å²) >= 11 is 0. The van der Waals surface area contributed by atoms with E-state index >= 15 is 0 Å². The van der Waals surface area contributed by atoms with E-state index in [1.165, 1.54) is 4.31 Å². The van der Waals surface area contributed by atoms with Crippen LogP contribution in [-0.2, 0) is 14.8 Å². The summed E-state index contributed by atoms with van der Waals surface area (Å²) < 4.78 is 27.4. The van der Waals surface area contributed by atoms with Gasteiger partial charge >= 0.3 is 5.97 Å². The van der Waals surface area contributed by atoms with Crippen molar-refractivity contribution < 1.29 is 18.3 Å². The Bertz CT molecular complexity index is 924. The molecule has 0 saturated carbocycles. The molecular weight excluding hydrogens is 340 g/mol. The molecule has 1 atom stereocenters. The molecule has 1 heterocycles. The number of anilines is 1. The first-order valence-corrected chi connectivity index (χ1v) is 9.40. The summed E-state index contributed by atoms with van der Waals surface area (Å²) in [7, 11) is -2.15. The van der Waals surface area contributed by atoms with Crippen molar-refractivity contribution in [2.45, 2.75) is 24.3 Å². The highest BCUT2D eigenvalue weighted by atomic mass is 32.2. The molecule has 2 N–H and O–H groups in total. The third kappa shape index (κ3) is 3.12. The van der Waals surface area contributed by atoms with Crippen LogP contribution < -0.4 is 9.62 Å². The molecule has 0 fully saturated rings. The van der Waals surface area contributed by atoms with Gasteiger partial charge < -0.3 is 10.4 Å². The first kappa shape index (κ1) is 17.4. The van der Waals surface area contributed by atoms with Gasteiger partial charge in [0.05, 0.1) is 23.0 Å². The van der Waals surface area contributed by atoms with Gasteiger partial charge in [0.2, 0.25) is 0 Å². The quantitative estimate of drug-likeness (QED) is 0.874. The predicted molar refractivity (Wildman–Crippen MR) is 95.3 cm³/mol. The van der Waals surface area contributed by atoms with E-state index in [4.69, 9.17) is 5.11 Å². The Labute approximate surface area is 147 Å². The number of nitrogens with zero attached hydrogens (tertiary/aromatic N) is 1. The van der Waals surface area contributed by atoms with Crippen LogP contribution in [0, 0.1) is 6.92 Å². The van der Waals surface area contributed by atoms with E-state index in [0.29, 0.717) is 11.3 Å². The summed E-state index contributed by atoms with van der Waals surface area (Å²) in [5, 5.41) is 12.1. The second-order valence-electron chi connectivity index (χ2n) is 6.10. The molecule has 0 saturated heterocycles. The Morgan fingerprint density at radius 2 is 1.92 bits per heavy atom. The van der Waals surface area contributed by atoms with Crippen molar-refractivity contribution in [2.75, 3.05) is 17.9 Å². The third-order valence-corrected chi connectivity index (χ3v) is 6.22. The number of aliphatic carboxylic acids is 1. The highest BCUT2D eigenvalue weighted by Crippen LogP contribution is 2.40. The van der Waals surface area contributed by atoms with Crippen LogP contribution in [0.1, 0.15) is 29.2 Å². The number of carboxylic acid groups (broad SMARTS) is 1. The van der Waals surface area contributed by atoms with Gasteiger partial charge in [-0.05, 0) is 35.7 Å². The average molecular weight is 360 g/mol. The number of rotatable bonds is 4. The number of hydrogen-bond acceptors (Lipinski definition) is 4. The molecule has 0 aliphatic carbocycles. The molecule has 1 aliphatic heterocycles. The lowest BCUT2D eigenvalue weighted by Gasteiger charge is -2.21. The summed E-state index contributed by atoms with van der Waals surface area (Å²) in [4.78, 5) is 11.1. The number of carboxylic acids is 1. The van der Waals surface area contributed by atoms with Crippen molar-refractivity contribution in [3.63, 3.8) is 0 Å². The standard InChI is InChI=1S/C18H20N2O4S/c1-12-7-8-14-16(11-12)25(23,24)20(2)15-6-4-3-5-13(15)18(14)19-10-9-17(21)22/h3-8,11,18-19H,9-10H2,1-2H3,(H,21,22). The van der Waals surface area contributed by atoms with Crippen LogP contribution in [-0.4, -0.2) is 33.1 Å². The number of benzene rings is 2. The lowest BCUT2D eigenvalue weighted by Crippen LogP contribution is -2.26. The van der Waals surface area contributed by atoms with Gasteiger partial charge in [-0.3, -0.25) is 9.10 Å². The van der Waals surface area contributed by atoms with Gasteiger partial charge in [0.1, 0.15) is 0 Å². The Hall–Kier alpha value is -2.38. The van der Waals surface area contributed by atoms with E-state index in [9.17, 15) is 13.2 Å². The van der Waals surface area contributed by atoms with E-state index in [-0.39, 0.29) is 17.9 Å². The van der Waals surface area contributed by atoms with Crippen molar-refractivity contribution in [1.82, 2.24) is 5.32 Å². The van der Waals surface area contributed by atoms with Crippen LogP contribution in [0.4, 0.5) is 5.69 Å². The molecule has 1 aliphatic rings. The fraction of sp³-hybridized carbons (Fsp3) is 0.278. The van der Waals surface area contributed by atoms with Crippen LogP contribution in [0.25, 0.3) is 0 Å². The Morgan fingerprint density at radius 1 is 1.20 bits per heavy atom. The SMILES string of the molecule is Cc1ccc2c(c1)S(=O)(=O)N(C)c1ccccc1C2NCCC(=O)O. The van der Waals surface area contributed by atoms with Crippen LogP contribution in [0.2, 0.25) is 0 Å². The zero-order valence-electron chi connectivity index (χ0n) is 14.1. The Kier molecular flexibility index (Phi) is 4.53. The van der Waals surface area contributed by atoms with E-state index in [1.54, 1.807) is 31.3 Å². The van der Waals surface area contributed by atoms with Crippen LogP contribution >= 0.6 is 0 Å². The van der Waals surface area contributed by atoms with Gasteiger partial charge in [-0.15, -0.1) is 0 Å². The maximum Gasteiger partial charge on any atom is 0.304 e. The molecule has 0 aromatic heterocycles. The topological polar surface area (TPSA) is 86.7 Å². The van der Waals surface area contributed by atoms with Gasteiger partial charge in [0, 0.05) is 13.6 Å². The van der Waals surface area contributed by atoms with Gasteiger partial charge in [-0.2, -0.15) is 0 Å². The van der Waals surface area contributed by atoms with E-state index in [2.05, 4.69) is 5.32 Å². The molecule has 2 aromatic carbocycles. The van der Waals surface area contributed by atoms with Gasteiger partial charge in [0.25, 0.3) is 10.0 Å². The maximum absolute atomic E-state index is 13.1. The van der Waals surface area contributed by atoms with Crippen LogP contribution in [0.3, 0.4) is 0 Å². The molecule has 2 aromatic rings. The first-order chi connectivity index (χ1) is 11.8. The number of nitrogens with one attached hydrogen (secondary N) is 1. The van der Waals surface area contributed by atoms with Crippen LogP contribution in [0.15, 0.2) is 47.4 Å². The second-order valence-corrected chi connectivity index (χ2v) is 8.04. The van der Waals surface area contributed by atoms with Gasteiger partial charge in [0.15, 0.2) is 0 Å². The van der Waals surface area contributed by atoms with E-state index in [1.807, 2.05) is 25.1 Å². The van der Waals surface area contributed by atoms with E-state index < -0.39 is 22.0 Å². The minimum atomic E-state index is -3.69. The van der Waals surface area contributed by atoms with Crippen molar-refractivity contribution in [2.24, 2.45) is 0 Å². The fourth-order valence-corrected chi connectivity index (χ4v) is 4.65. The van der Waals surface area contributed by atoms with Gasteiger partial charge in [-0.1, -0.05) is 30.3 Å². The average Bonchev–Trinajstić information content (AvgIpc) is 2.63. The molecule has 3 rings (SSSR count). The van der Waals surface area contributed by atoms with E-state index in [0.717, 1.165) is 11.1 Å². The zero-order chi connectivity index (χ0) is 18.2. The summed E-state index contributed by atoms with van der Waals surface area (Å²) in [6, 6.07) is 12.2. The smallest absolute Gasteiger partial charge is 0.304 e. The molecule has 0 bridgehead atoms. The first-order valence-electron chi connectivity index (χ1n) is 7.96. The molecule has 0 spiro atoms. The van der Waals surface area contributed by atoms with Gasteiger partial charge in [-0.25, -0.2) is 8.42 Å². The Balaban J connectivity index is 2.20. The molecule has 132 valence electrons. The molecular formula is C18H20N2O4S. The number of hydrogen-bond donors (Lipinski definition) is 2. The fourth-order valence-electron chi connectivity index (χ4n) is 3.11. The minimum absolute atomic E-state index is 0.0392. The molecule has 0 amide bonds. The highest BCUT2D eigenvalue weighted by molar-refractivity contribution is 7.92. The molecule has 6 nitrogen and oxygen atoms in total. The van der Waals surface area contributed by atoms with Crippen LogP contribution in [0.5, 0.6) is 0 Å². The van der Waals surface area contributed by atoms with Crippen molar-refractivity contribution in [1.29, 1.82) is 0 Å². The zero-order valence-corrected chi connectivity index (χ0v) is 14.9. The minimum Gasteiger partial charge on any atom is -0.481 e. The highest BCUT2D eigenvalue weighted by Gasteiger charge is 2.34. The normalized spacial score (nSPS) is 18.2. The maximum atomic E-state index is 13.1. The third-order valence-electron chi connectivity index (χ3n) is 4.39. The summed E-state index contributed by atoms with van der Waals surface area (Å²) in [5.41, 5.74) is 2.88. The van der Waals surface area contributed by atoms with Crippen molar-refractivity contribution in [3.05, 3.63) is 59.2 Å². The summed E-state index contributed by atoms with van der Waals surface area (Å²) in [6.07, 6.45) is -0.0392. The molecule has 7 heteroatoms. The number of sulfonamides is 1. The van der Waals surface area contributed by atoms with Crippen molar-refractivity contribution in [3.8, 4) is 0 Å². The Morgan fingerprint density at radius 3 is 2.64 bits per heavy atom. The summed E-state index contributed by atoms with van der Waals surface area (Å²) in [5.74, 6) is -0.900. The number of para-hydroxylation sites is 1. The second kappa shape index (κ2) is 6.50. The lowest BCUT2D eigenvalue weighted by molar-refractivity contribution is -0.136. The monoisotopic (exact) mass is 360 g/mol. The molecule has 0 radical (unpaired) electrons. The summed E-state index contributed by atoms with van der Waals surface area (Å²) in [6.45, 7) is 2.09.